The second kappa shape index (κ2) is 7.89. The molecule has 0 radical (unpaired) electrons. The Hall–Kier alpha value is -0.740. The van der Waals surface area contributed by atoms with E-state index in [1.54, 1.807) is 0 Å². The summed E-state index contributed by atoms with van der Waals surface area (Å²) in [5.74, 6) is 2.37. The third-order valence-electron chi connectivity index (χ3n) is 3.84. The van der Waals surface area contributed by atoms with Crippen molar-refractivity contribution in [2.24, 2.45) is 0 Å². The molecule has 0 spiro atoms. The Morgan fingerprint density at radius 3 is 2.95 bits per heavy atom. The molecule has 20 heavy (non-hydrogen) atoms. The van der Waals surface area contributed by atoms with Gasteiger partial charge in [0.15, 0.2) is 0 Å². The second-order valence-electron chi connectivity index (χ2n) is 5.44. The summed E-state index contributed by atoms with van der Waals surface area (Å²) in [5, 5.41) is 4.21. The van der Waals surface area contributed by atoms with E-state index in [0.717, 1.165) is 42.9 Å². The number of anilines is 1. The van der Waals surface area contributed by atoms with Gasteiger partial charge in [-0.3, -0.25) is 0 Å². The van der Waals surface area contributed by atoms with Crippen molar-refractivity contribution >= 4 is 17.6 Å². The molecule has 2 rings (SSSR count). The van der Waals surface area contributed by atoms with Crippen LogP contribution >= 0.6 is 11.8 Å². The molecule has 1 aliphatic heterocycles. The van der Waals surface area contributed by atoms with Crippen molar-refractivity contribution in [2.75, 3.05) is 30.3 Å². The molecule has 1 fully saturated rings. The minimum Gasteiger partial charge on any atom is -0.355 e. The van der Waals surface area contributed by atoms with E-state index in [1.807, 2.05) is 0 Å². The number of nitrogens with zero attached hydrogens (tertiary/aromatic N) is 2. The molecule has 1 aromatic rings. The first kappa shape index (κ1) is 15.6. The highest BCUT2D eigenvalue weighted by molar-refractivity contribution is 8.00. The maximum Gasteiger partial charge on any atom is 0.128 e. The summed E-state index contributed by atoms with van der Waals surface area (Å²) in [6, 6.07) is 4.43. The molecule has 1 aliphatic rings. The highest BCUT2D eigenvalue weighted by atomic mass is 32.2. The lowest BCUT2D eigenvalue weighted by Gasteiger charge is -2.33. The lowest BCUT2D eigenvalue weighted by Crippen LogP contribution is -2.38. The number of hydrogen-bond donors (Lipinski definition) is 1. The van der Waals surface area contributed by atoms with Gasteiger partial charge in [0.25, 0.3) is 0 Å². The Morgan fingerprint density at radius 2 is 2.25 bits per heavy atom. The van der Waals surface area contributed by atoms with Crippen LogP contribution in [0.2, 0.25) is 0 Å². The van der Waals surface area contributed by atoms with Gasteiger partial charge in [-0.25, -0.2) is 4.98 Å². The number of rotatable bonds is 6. The fourth-order valence-corrected chi connectivity index (χ4v) is 3.69. The molecule has 0 aliphatic carbocycles. The van der Waals surface area contributed by atoms with E-state index in [-0.39, 0.29) is 0 Å². The van der Waals surface area contributed by atoms with E-state index < -0.39 is 0 Å². The van der Waals surface area contributed by atoms with Gasteiger partial charge in [-0.15, -0.1) is 0 Å². The van der Waals surface area contributed by atoms with Crippen LogP contribution in [-0.2, 0) is 6.54 Å². The molecule has 0 saturated carbocycles. The third-order valence-corrected chi connectivity index (χ3v) is 5.21. The standard InChI is InChI=1S/C16H27N3S/c1-4-8-17-11-14-6-7-16(18-13(14)3)19-9-10-20-15(5-2)12-19/h6-7,15,17H,4-5,8-12H2,1-3H3. The van der Waals surface area contributed by atoms with Crippen molar-refractivity contribution in [1.29, 1.82) is 0 Å². The summed E-state index contributed by atoms with van der Waals surface area (Å²) in [4.78, 5) is 7.27. The highest BCUT2D eigenvalue weighted by Gasteiger charge is 2.20. The Balaban J connectivity index is 2.00. The molecule has 2 heterocycles. The Kier molecular flexibility index (Phi) is 6.17. The number of thioether (sulfide) groups is 1. The quantitative estimate of drug-likeness (QED) is 0.815. The van der Waals surface area contributed by atoms with Crippen molar-refractivity contribution in [3.63, 3.8) is 0 Å². The number of hydrogen-bond acceptors (Lipinski definition) is 4. The molecule has 1 aromatic heterocycles. The molecule has 0 aromatic carbocycles. The fraction of sp³-hybridized carbons (Fsp3) is 0.688. The van der Waals surface area contributed by atoms with Crippen LogP contribution in [-0.4, -0.2) is 35.6 Å². The Morgan fingerprint density at radius 1 is 1.40 bits per heavy atom. The molecule has 4 heteroatoms. The van der Waals surface area contributed by atoms with Crippen molar-refractivity contribution in [1.82, 2.24) is 10.3 Å². The lowest BCUT2D eigenvalue weighted by atomic mass is 10.2. The van der Waals surface area contributed by atoms with Crippen LogP contribution in [0.5, 0.6) is 0 Å². The molecule has 1 unspecified atom stereocenters. The summed E-state index contributed by atoms with van der Waals surface area (Å²) in [5.41, 5.74) is 2.48. The van der Waals surface area contributed by atoms with Crippen LogP contribution in [0.4, 0.5) is 5.82 Å². The predicted molar refractivity (Wildman–Crippen MR) is 89.7 cm³/mol. The van der Waals surface area contributed by atoms with Crippen molar-refractivity contribution in [2.45, 2.75) is 45.4 Å². The van der Waals surface area contributed by atoms with E-state index in [4.69, 9.17) is 4.98 Å². The minimum absolute atomic E-state index is 0.761. The molecule has 1 atom stereocenters. The second-order valence-corrected chi connectivity index (χ2v) is 6.85. The molecular weight excluding hydrogens is 266 g/mol. The van der Waals surface area contributed by atoms with E-state index in [0.29, 0.717) is 0 Å². The van der Waals surface area contributed by atoms with Gasteiger partial charge in [-0.05, 0) is 37.9 Å². The van der Waals surface area contributed by atoms with E-state index in [9.17, 15) is 0 Å². The molecule has 0 amide bonds. The highest BCUT2D eigenvalue weighted by Crippen LogP contribution is 2.25. The SMILES string of the molecule is CCCNCc1ccc(N2CCSC(CC)C2)nc1C. The van der Waals surface area contributed by atoms with Gasteiger partial charge in [-0.1, -0.05) is 19.9 Å². The van der Waals surface area contributed by atoms with Gasteiger partial charge < -0.3 is 10.2 Å². The summed E-state index contributed by atoms with van der Waals surface area (Å²) >= 11 is 2.10. The van der Waals surface area contributed by atoms with Gasteiger partial charge >= 0.3 is 0 Å². The molecule has 3 nitrogen and oxygen atoms in total. The number of nitrogens with one attached hydrogen (secondary N) is 1. The van der Waals surface area contributed by atoms with Crippen LogP contribution in [0.25, 0.3) is 0 Å². The van der Waals surface area contributed by atoms with Crippen LogP contribution in [0.15, 0.2) is 12.1 Å². The summed E-state index contributed by atoms with van der Waals surface area (Å²) in [7, 11) is 0. The van der Waals surface area contributed by atoms with E-state index in [2.05, 4.69) is 54.9 Å². The minimum atomic E-state index is 0.761. The normalized spacial score (nSPS) is 19.4. The maximum absolute atomic E-state index is 4.82. The van der Waals surface area contributed by atoms with E-state index in [1.165, 1.54) is 24.2 Å². The van der Waals surface area contributed by atoms with Crippen LogP contribution in [0.3, 0.4) is 0 Å². The van der Waals surface area contributed by atoms with E-state index >= 15 is 0 Å². The maximum atomic E-state index is 4.82. The predicted octanol–water partition coefficient (Wildman–Crippen LogP) is 3.22. The zero-order valence-corrected chi connectivity index (χ0v) is 13.8. The largest absolute Gasteiger partial charge is 0.355 e. The Bertz CT molecular complexity index is 422. The van der Waals surface area contributed by atoms with Crippen molar-refractivity contribution in [3.05, 3.63) is 23.4 Å². The van der Waals surface area contributed by atoms with Gasteiger partial charge in [-0.2, -0.15) is 11.8 Å². The Labute approximate surface area is 127 Å². The first-order valence-electron chi connectivity index (χ1n) is 7.78. The summed E-state index contributed by atoms with van der Waals surface area (Å²) in [6.45, 7) is 10.9. The fourth-order valence-electron chi connectivity index (χ4n) is 2.51. The van der Waals surface area contributed by atoms with Gasteiger partial charge in [0.2, 0.25) is 0 Å². The van der Waals surface area contributed by atoms with Gasteiger partial charge in [0.05, 0.1) is 0 Å². The average Bonchev–Trinajstić information content (AvgIpc) is 2.49. The first-order valence-corrected chi connectivity index (χ1v) is 8.83. The molecule has 0 bridgehead atoms. The lowest BCUT2D eigenvalue weighted by molar-refractivity contribution is 0.669. The first-order chi connectivity index (χ1) is 9.74. The number of aromatic nitrogens is 1. The third kappa shape index (κ3) is 4.13. The summed E-state index contributed by atoms with van der Waals surface area (Å²) in [6.07, 6.45) is 2.42. The molecule has 1 saturated heterocycles. The summed E-state index contributed by atoms with van der Waals surface area (Å²) < 4.78 is 0. The number of pyridine rings is 1. The van der Waals surface area contributed by atoms with Gasteiger partial charge in [0.1, 0.15) is 5.82 Å². The molecule has 112 valence electrons. The topological polar surface area (TPSA) is 28.2 Å². The molecular formula is C16H27N3S. The zero-order chi connectivity index (χ0) is 14.4. The molecule has 1 N–H and O–H groups in total. The zero-order valence-electron chi connectivity index (χ0n) is 13.0. The average molecular weight is 293 g/mol. The number of aryl methyl sites for hydroxylation is 1. The smallest absolute Gasteiger partial charge is 0.128 e. The monoisotopic (exact) mass is 293 g/mol. The van der Waals surface area contributed by atoms with Crippen molar-refractivity contribution < 1.29 is 0 Å². The van der Waals surface area contributed by atoms with Crippen molar-refractivity contribution in [3.8, 4) is 0 Å². The van der Waals surface area contributed by atoms with Crippen LogP contribution < -0.4 is 10.2 Å². The van der Waals surface area contributed by atoms with Crippen LogP contribution in [0.1, 0.15) is 37.9 Å². The van der Waals surface area contributed by atoms with Crippen LogP contribution in [0, 0.1) is 6.92 Å². The van der Waals surface area contributed by atoms with Gasteiger partial charge in [0, 0.05) is 36.3 Å².